The van der Waals surface area contributed by atoms with Gasteiger partial charge in [0.1, 0.15) is 10.8 Å². The van der Waals surface area contributed by atoms with Gasteiger partial charge in [-0.05, 0) is 61.1 Å². The molecule has 1 saturated carbocycles. The molecule has 1 saturated heterocycles. The Morgan fingerprint density at radius 1 is 1.19 bits per heavy atom. The Kier molecular flexibility index (Phi) is 9.76. The maximum absolute atomic E-state index is 12.2. The van der Waals surface area contributed by atoms with Crippen LogP contribution in [0.15, 0.2) is 30.5 Å². The van der Waals surface area contributed by atoms with E-state index in [1.165, 1.54) is 11.1 Å². The highest BCUT2D eigenvalue weighted by molar-refractivity contribution is 7.85. The highest BCUT2D eigenvalue weighted by atomic mass is 35.5. The normalized spacial score (nSPS) is 26.6. The van der Waals surface area contributed by atoms with Crippen molar-refractivity contribution in [1.82, 2.24) is 14.9 Å². The van der Waals surface area contributed by atoms with Crippen LogP contribution in [0.1, 0.15) is 30.4 Å². The molecule has 0 unspecified atom stereocenters. The summed E-state index contributed by atoms with van der Waals surface area (Å²) < 4.78 is 37.4. The van der Waals surface area contributed by atoms with Gasteiger partial charge in [0.2, 0.25) is 11.9 Å². The van der Waals surface area contributed by atoms with Crippen molar-refractivity contribution in [3.05, 3.63) is 46.6 Å². The maximum Gasteiger partial charge on any atom is 0.261 e. The van der Waals surface area contributed by atoms with Crippen LogP contribution in [0, 0.1) is 17.8 Å². The number of aryl methyl sites for hydroxylation is 1. The number of carbonyl (C=O) groups excluding carboxylic acids is 1. The minimum Gasteiger partial charge on any atom is -0.494 e. The average Bonchev–Trinajstić information content (AvgIpc) is 3.50. The molecule has 0 spiro atoms. The standard InChI is InChI=1S/C28H35ClN6O3.CH4O3S/c1-37-25-20-8-7-19(35-10-12-38-13-11-35)6-4-16(20)5-9-22(25)32-28-31-15-21(29)27(34-28)33-24-18-3-2-17(14-18)23(24)26(30)36;1-5(2,3)4/h2-3,5,9,15,17-19,23-24H,4,6-8,10-14H2,1H3,(H2,30,36)(H2,31,32,33,34);1H3,(H,2,3,4)/t17-,18+,19+,23+,24-;/m1./s1. The lowest BCUT2D eigenvalue weighted by molar-refractivity contribution is -0.122. The van der Waals surface area contributed by atoms with Crippen LogP contribution in [-0.2, 0) is 32.5 Å². The molecule has 5 N–H and O–H groups in total. The monoisotopic (exact) mass is 634 g/mol. The molecule has 5 atom stereocenters. The van der Waals surface area contributed by atoms with Gasteiger partial charge >= 0.3 is 0 Å². The van der Waals surface area contributed by atoms with Crippen molar-refractivity contribution in [3.8, 4) is 5.75 Å². The van der Waals surface area contributed by atoms with E-state index in [1.807, 2.05) is 6.07 Å². The van der Waals surface area contributed by atoms with Gasteiger partial charge in [0, 0.05) is 25.2 Å². The predicted octanol–water partition coefficient (Wildman–Crippen LogP) is 3.05. The fourth-order valence-corrected chi connectivity index (χ4v) is 6.95. The summed E-state index contributed by atoms with van der Waals surface area (Å²) in [6.07, 6.45) is 11.7. The number of ether oxygens (including phenoxy) is 2. The highest BCUT2D eigenvalue weighted by Crippen LogP contribution is 2.45. The van der Waals surface area contributed by atoms with E-state index in [9.17, 15) is 13.2 Å². The van der Waals surface area contributed by atoms with E-state index >= 15 is 0 Å². The second kappa shape index (κ2) is 13.3. The first-order valence-corrected chi connectivity index (χ1v) is 16.7. The van der Waals surface area contributed by atoms with Gasteiger partial charge in [-0.2, -0.15) is 13.4 Å². The molecule has 1 aromatic heterocycles. The van der Waals surface area contributed by atoms with Crippen LogP contribution >= 0.6 is 11.6 Å². The first-order chi connectivity index (χ1) is 20.5. The van der Waals surface area contributed by atoms with E-state index in [4.69, 9.17) is 31.4 Å². The third kappa shape index (κ3) is 7.58. The number of methoxy groups -OCH3 is 1. The van der Waals surface area contributed by atoms with Crippen molar-refractivity contribution in [1.29, 1.82) is 0 Å². The molecule has 1 aliphatic heterocycles. The molecule has 12 nitrogen and oxygen atoms in total. The van der Waals surface area contributed by atoms with Gasteiger partial charge in [0.15, 0.2) is 5.82 Å². The van der Waals surface area contributed by atoms with Crippen molar-refractivity contribution < 1.29 is 27.2 Å². The van der Waals surface area contributed by atoms with Gasteiger partial charge in [-0.15, -0.1) is 0 Å². The molecule has 0 radical (unpaired) electrons. The maximum atomic E-state index is 12.2. The summed E-state index contributed by atoms with van der Waals surface area (Å²) in [6.45, 7) is 3.66. The number of fused-ring (bicyclic) bond motifs is 3. The SMILES string of the molecule is COc1c(Nc2ncc(Cl)c(N[C@H]3[C@@H](C(N)=O)[C@@H]4C=C[C@H]3C4)n2)ccc2c1CC[C@@H](N1CCOCC1)CC2.CS(=O)(=O)O. The van der Waals surface area contributed by atoms with Crippen molar-refractivity contribution in [3.63, 3.8) is 0 Å². The Hall–Kier alpha value is -2.97. The Morgan fingerprint density at radius 2 is 1.88 bits per heavy atom. The highest BCUT2D eigenvalue weighted by Gasteiger charge is 2.47. The van der Waals surface area contributed by atoms with Crippen molar-refractivity contribution in [2.75, 3.05) is 50.3 Å². The topological polar surface area (TPSA) is 169 Å². The van der Waals surface area contributed by atoms with Gasteiger partial charge in [-0.3, -0.25) is 14.2 Å². The lowest BCUT2D eigenvalue weighted by Crippen LogP contribution is -2.43. The number of carbonyl (C=O) groups is 1. The number of rotatable bonds is 7. The first-order valence-electron chi connectivity index (χ1n) is 14.5. The molecular formula is C29H39ClN6O6S. The number of nitrogens with one attached hydrogen (secondary N) is 2. The smallest absolute Gasteiger partial charge is 0.261 e. The Morgan fingerprint density at radius 3 is 2.58 bits per heavy atom. The predicted molar refractivity (Wildman–Crippen MR) is 164 cm³/mol. The number of allylic oxidation sites excluding steroid dienone is 1. The van der Waals surface area contributed by atoms with Gasteiger partial charge in [-0.25, -0.2) is 4.98 Å². The summed E-state index contributed by atoms with van der Waals surface area (Å²) in [5.74, 6) is 1.55. The number of morpholine rings is 1. The van der Waals surface area contributed by atoms with Crippen molar-refractivity contribution in [2.45, 2.75) is 44.2 Å². The number of amides is 1. The van der Waals surface area contributed by atoms with E-state index in [1.54, 1.807) is 13.3 Å². The van der Waals surface area contributed by atoms with Crippen LogP contribution < -0.4 is 21.1 Å². The number of halogens is 1. The molecule has 3 aliphatic carbocycles. The summed E-state index contributed by atoms with van der Waals surface area (Å²) in [5.41, 5.74) is 9.14. The van der Waals surface area contributed by atoms with Crippen LogP contribution in [0.3, 0.4) is 0 Å². The van der Waals surface area contributed by atoms with E-state index in [2.05, 4.69) is 43.7 Å². The zero-order chi connectivity index (χ0) is 30.7. The second-order valence-corrected chi connectivity index (χ2v) is 13.3. The number of hydrogen-bond acceptors (Lipinski definition) is 10. The van der Waals surface area contributed by atoms with Gasteiger partial charge in [0.05, 0.1) is 44.4 Å². The van der Waals surface area contributed by atoms with Crippen molar-refractivity contribution in [2.24, 2.45) is 23.5 Å². The molecule has 2 heterocycles. The Balaban J connectivity index is 0.000000682. The third-order valence-electron chi connectivity index (χ3n) is 8.68. The molecule has 1 amide bonds. The first kappa shape index (κ1) is 31.5. The van der Waals surface area contributed by atoms with Crippen LogP contribution in [0.4, 0.5) is 17.5 Å². The molecule has 2 aromatic rings. The summed E-state index contributed by atoms with van der Waals surface area (Å²) in [6, 6.07) is 4.66. The van der Waals surface area contributed by atoms with E-state index in [0.717, 1.165) is 69.8 Å². The summed E-state index contributed by atoms with van der Waals surface area (Å²) in [7, 11) is -1.95. The number of primary amides is 1. The quantitative estimate of drug-likeness (QED) is 0.201. The zero-order valence-electron chi connectivity index (χ0n) is 24.3. The van der Waals surface area contributed by atoms with Crippen LogP contribution in [-0.4, -0.2) is 85.5 Å². The number of nitrogens with two attached hydrogens (primary N) is 1. The van der Waals surface area contributed by atoms with Crippen LogP contribution in [0.2, 0.25) is 5.02 Å². The molecule has 1 aromatic carbocycles. The Bertz CT molecular complexity index is 1460. The lowest BCUT2D eigenvalue weighted by atomic mass is 9.88. The van der Waals surface area contributed by atoms with Gasteiger partial charge in [-0.1, -0.05) is 29.8 Å². The fourth-order valence-electron chi connectivity index (χ4n) is 6.81. The van der Waals surface area contributed by atoms with Gasteiger partial charge in [0.25, 0.3) is 10.1 Å². The average molecular weight is 635 g/mol. The largest absolute Gasteiger partial charge is 0.494 e. The van der Waals surface area contributed by atoms with Gasteiger partial charge < -0.3 is 25.8 Å². The number of aromatic nitrogens is 2. The molecule has 2 bridgehead atoms. The molecule has 6 rings (SSSR count). The second-order valence-electron chi connectivity index (χ2n) is 11.5. The lowest BCUT2D eigenvalue weighted by Gasteiger charge is -2.34. The number of benzene rings is 1. The molecule has 234 valence electrons. The number of nitrogens with zero attached hydrogens (tertiary/aromatic N) is 3. The third-order valence-corrected chi connectivity index (χ3v) is 8.96. The summed E-state index contributed by atoms with van der Waals surface area (Å²) in [4.78, 5) is 23.8. The summed E-state index contributed by atoms with van der Waals surface area (Å²) >= 11 is 6.47. The molecule has 4 aliphatic rings. The van der Waals surface area contributed by atoms with E-state index in [-0.39, 0.29) is 29.7 Å². The number of hydrogen-bond donors (Lipinski definition) is 4. The van der Waals surface area contributed by atoms with Crippen LogP contribution in [0.25, 0.3) is 0 Å². The minimum absolute atomic E-state index is 0.135. The molecular weight excluding hydrogens is 596 g/mol. The fraction of sp³-hybridized carbons (Fsp3) is 0.552. The van der Waals surface area contributed by atoms with Crippen LogP contribution in [0.5, 0.6) is 5.75 Å². The zero-order valence-corrected chi connectivity index (χ0v) is 25.9. The Labute approximate surface area is 257 Å². The molecule has 2 fully saturated rings. The van der Waals surface area contributed by atoms with E-state index in [0.29, 0.717) is 29.1 Å². The van der Waals surface area contributed by atoms with Crippen molar-refractivity contribution >= 4 is 45.1 Å². The minimum atomic E-state index is -3.67. The molecule has 14 heteroatoms. The van der Waals surface area contributed by atoms with E-state index < -0.39 is 10.1 Å². The number of anilines is 3. The molecule has 43 heavy (non-hydrogen) atoms. The summed E-state index contributed by atoms with van der Waals surface area (Å²) in [5, 5.41) is 7.15.